The maximum absolute atomic E-state index is 8.84. The smallest absolute Gasteiger partial charge is 0.155 e. The number of para-hydroxylation sites is 1. The van der Waals surface area contributed by atoms with Crippen LogP contribution in [0.25, 0.3) is 72.6 Å². The molecule has 0 atom stereocenters. The van der Waals surface area contributed by atoms with Crippen molar-refractivity contribution in [3.05, 3.63) is 198 Å². The molecule has 4 aromatic heterocycles. The fourth-order valence-corrected chi connectivity index (χ4v) is 10.2. The Hall–Kier alpha value is -6.24. The van der Waals surface area contributed by atoms with Gasteiger partial charge in [0.15, 0.2) is 5.65 Å². The molecule has 0 aliphatic rings. The van der Waals surface area contributed by atoms with E-state index >= 15 is 0 Å². The predicted octanol–water partition coefficient (Wildman–Crippen LogP) is 15.7. The van der Waals surface area contributed by atoms with Gasteiger partial charge in [-0.3, -0.25) is 4.98 Å². The Morgan fingerprint density at radius 2 is 1.35 bits per heavy atom. The van der Waals surface area contributed by atoms with Gasteiger partial charge in [-0.05, 0) is 87.2 Å². The number of nitrogens with zero attached hydrogens (tertiary/aromatic N) is 4. The minimum atomic E-state index is -1.76. The Labute approximate surface area is 419 Å². The fraction of sp³-hybridized carbons (Fsp3) is 0.230. The third-order valence-corrected chi connectivity index (χ3v) is 14.3. The topological polar surface area (TPSA) is 56.7 Å². The molecule has 0 saturated heterocycles. The maximum Gasteiger partial charge on any atom is 0.155 e. The molecule has 0 unspecified atom stereocenters. The minimum Gasteiger partial charge on any atom is -0.501 e. The molecule has 5 nitrogen and oxygen atoms in total. The number of aromatic nitrogens is 4. The zero-order chi connectivity index (χ0) is 48.8. The van der Waals surface area contributed by atoms with E-state index in [0.29, 0.717) is 5.56 Å². The summed E-state index contributed by atoms with van der Waals surface area (Å²) in [6, 6.07) is 57.6. The monoisotopic (exact) mass is 1090 g/mol. The second kappa shape index (κ2) is 19.8. The van der Waals surface area contributed by atoms with Gasteiger partial charge in [-0.2, -0.15) is 0 Å². The molecular formula is C61H60IrN4OSi-2. The SMILES string of the molecule is CC(C)c1cc(-c2ccccc2)cc(C(C)C)c1-n1c(-c2[c-]ccc3c2oc2ccccc23)nc2ccc(C(C)(C)C)nc21.[2H]C([2H])(c1ccccc1)c1cc(-c2[c-]cccc2)ncc1[Si](C)(C)C.[Ir]. The Balaban J connectivity index is 0.000000216. The maximum atomic E-state index is 8.84. The van der Waals surface area contributed by atoms with E-state index in [1.165, 1.54) is 22.3 Å². The molecule has 0 aliphatic carbocycles. The molecule has 0 aliphatic heterocycles. The van der Waals surface area contributed by atoms with Gasteiger partial charge in [-0.25, -0.2) is 4.98 Å². The van der Waals surface area contributed by atoms with Crippen LogP contribution in [-0.2, 0) is 31.9 Å². The second-order valence-electron chi connectivity index (χ2n) is 20.1. The van der Waals surface area contributed by atoms with Gasteiger partial charge in [0.25, 0.3) is 0 Å². The number of furan rings is 1. The van der Waals surface area contributed by atoms with Gasteiger partial charge in [0.2, 0.25) is 0 Å². The molecule has 7 heteroatoms. The van der Waals surface area contributed by atoms with Crippen molar-refractivity contribution in [1.82, 2.24) is 19.5 Å². The van der Waals surface area contributed by atoms with Crippen molar-refractivity contribution in [1.29, 1.82) is 0 Å². The third-order valence-electron chi connectivity index (χ3n) is 12.3. The molecule has 4 heterocycles. The van der Waals surface area contributed by atoms with Crippen molar-refractivity contribution < 1.29 is 27.3 Å². The summed E-state index contributed by atoms with van der Waals surface area (Å²) >= 11 is 0. The zero-order valence-electron chi connectivity index (χ0n) is 42.7. The summed E-state index contributed by atoms with van der Waals surface area (Å²) in [4.78, 5) is 15.2. The molecule has 68 heavy (non-hydrogen) atoms. The van der Waals surface area contributed by atoms with Gasteiger partial charge in [0, 0.05) is 51.2 Å². The van der Waals surface area contributed by atoms with Crippen LogP contribution < -0.4 is 5.19 Å². The number of hydrogen-bond donors (Lipinski definition) is 0. The molecule has 0 fully saturated rings. The van der Waals surface area contributed by atoms with E-state index in [9.17, 15) is 0 Å². The molecule has 0 amide bonds. The van der Waals surface area contributed by atoms with Crippen LogP contribution in [0.5, 0.6) is 0 Å². The number of fused-ring (bicyclic) bond motifs is 4. The molecule has 0 spiro atoms. The Morgan fingerprint density at radius 3 is 2.00 bits per heavy atom. The van der Waals surface area contributed by atoms with Crippen molar-refractivity contribution in [3.8, 4) is 39.5 Å². The van der Waals surface area contributed by atoms with Crippen LogP contribution in [0.3, 0.4) is 0 Å². The van der Waals surface area contributed by atoms with E-state index in [1.54, 1.807) is 0 Å². The molecule has 6 aromatic carbocycles. The molecule has 0 bridgehead atoms. The summed E-state index contributed by atoms with van der Waals surface area (Å²) in [7, 11) is -1.76. The van der Waals surface area contributed by atoms with E-state index in [-0.39, 0.29) is 37.4 Å². The number of pyridine rings is 2. The summed E-state index contributed by atoms with van der Waals surface area (Å²) < 4.78 is 26.5. The average Bonchev–Trinajstić information content (AvgIpc) is 3.92. The largest absolute Gasteiger partial charge is 0.501 e. The minimum absolute atomic E-state index is 0. The molecule has 10 rings (SSSR count). The number of hydrogen-bond acceptors (Lipinski definition) is 4. The van der Waals surface area contributed by atoms with E-state index in [1.807, 2.05) is 85.1 Å². The molecule has 10 aromatic rings. The quantitative estimate of drug-likeness (QED) is 0.107. The van der Waals surface area contributed by atoms with Crippen molar-refractivity contribution in [3.63, 3.8) is 0 Å². The predicted molar refractivity (Wildman–Crippen MR) is 283 cm³/mol. The molecule has 345 valence electrons. The van der Waals surface area contributed by atoms with Crippen molar-refractivity contribution >= 4 is 46.4 Å². The van der Waals surface area contributed by atoms with Gasteiger partial charge in [-0.1, -0.05) is 170 Å². The summed E-state index contributed by atoms with van der Waals surface area (Å²) in [5.41, 5.74) is 14.2. The van der Waals surface area contributed by atoms with E-state index < -0.39 is 14.4 Å². The van der Waals surface area contributed by atoms with Crippen LogP contribution in [-0.4, -0.2) is 27.6 Å². The van der Waals surface area contributed by atoms with Gasteiger partial charge in [-0.15, -0.1) is 54.1 Å². The van der Waals surface area contributed by atoms with Crippen LogP contribution >= 0.6 is 0 Å². The van der Waals surface area contributed by atoms with Crippen LogP contribution in [0.2, 0.25) is 19.6 Å². The molecule has 0 saturated carbocycles. The first-order valence-corrected chi connectivity index (χ1v) is 26.9. The van der Waals surface area contributed by atoms with Crippen molar-refractivity contribution in [2.24, 2.45) is 0 Å². The Bertz CT molecular complexity index is 3410. The second-order valence-corrected chi connectivity index (χ2v) is 25.1. The summed E-state index contributed by atoms with van der Waals surface area (Å²) in [5, 5.41) is 3.21. The van der Waals surface area contributed by atoms with Crippen LogP contribution in [0.1, 0.15) is 91.0 Å². The van der Waals surface area contributed by atoms with E-state index in [4.69, 9.17) is 17.1 Å². The first kappa shape index (κ1) is 45.5. The van der Waals surface area contributed by atoms with E-state index in [2.05, 4.69) is 163 Å². The summed E-state index contributed by atoms with van der Waals surface area (Å²) in [6.45, 7) is 22.4. The van der Waals surface area contributed by atoms with Crippen molar-refractivity contribution in [2.75, 3.05) is 0 Å². The van der Waals surface area contributed by atoms with Gasteiger partial charge in [0.05, 0.1) is 25.0 Å². The van der Waals surface area contributed by atoms with E-state index in [0.717, 1.165) is 77.9 Å². The Kier molecular flexibility index (Phi) is 13.2. The van der Waals surface area contributed by atoms with Crippen LogP contribution in [0, 0.1) is 12.1 Å². The van der Waals surface area contributed by atoms with Crippen molar-refractivity contribution in [2.45, 2.75) is 91.7 Å². The van der Waals surface area contributed by atoms with Gasteiger partial charge >= 0.3 is 0 Å². The summed E-state index contributed by atoms with van der Waals surface area (Å²) in [5.74, 6) is 1.31. The molecule has 0 N–H and O–H groups in total. The third kappa shape index (κ3) is 9.85. The number of rotatable bonds is 9. The zero-order valence-corrected chi connectivity index (χ0v) is 44.1. The Morgan fingerprint density at radius 1 is 0.691 bits per heavy atom. The first-order chi connectivity index (χ1) is 32.9. The number of imidazole rings is 1. The normalized spacial score (nSPS) is 12.5. The molecular weight excluding hydrogens is 1030 g/mol. The van der Waals surface area contributed by atoms with Crippen LogP contribution in [0.4, 0.5) is 0 Å². The van der Waals surface area contributed by atoms with Gasteiger partial charge < -0.3 is 14.0 Å². The number of benzene rings is 6. The molecule has 1 radical (unpaired) electrons. The standard InChI is InChI=1S/C40H38N3O.C21H22NSi.Ir/c1-24(2)31-22-27(26-14-9-8-10-15-26)23-32(25(3)4)36(31)43-38(41-33-20-21-35(40(5,6)7)42-39(33)43)30-18-13-17-29-28-16-11-12-19-34(28)44-37(29)30;1-23(2,3)21-16-22-20(18-12-8-5-9-13-18)15-19(21)14-17-10-6-4-7-11-17;/h8-17,19-25H,1-7H3;4-12,15-16H,14H2,1-3H3;/q2*-1;/i;14D2;. The fourth-order valence-electron chi connectivity index (χ4n) is 8.76. The van der Waals surface area contributed by atoms with Gasteiger partial charge in [0.1, 0.15) is 5.58 Å². The van der Waals surface area contributed by atoms with Crippen LogP contribution in [0.15, 0.2) is 162 Å². The first-order valence-electron chi connectivity index (χ1n) is 24.4. The summed E-state index contributed by atoms with van der Waals surface area (Å²) in [6.07, 6.45) is 0.307. The average molecular weight is 1090 g/mol.